The average Bonchev–Trinajstić information content (AvgIpc) is 2.66. The molecule has 4 N–H and O–H groups in total. The first-order valence-corrected chi connectivity index (χ1v) is 10.9. The number of nitrogens with two attached hydrogens (primary N) is 1. The molecule has 9 heteroatoms. The summed E-state index contributed by atoms with van der Waals surface area (Å²) in [6.07, 6.45) is 3.70. The first-order chi connectivity index (χ1) is 15.7. The molecule has 2 aromatic heterocycles. The molecule has 1 aromatic carbocycles. The van der Waals surface area contributed by atoms with E-state index in [-0.39, 0.29) is 0 Å². The van der Waals surface area contributed by atoms with Crippen molar-refractivity contribution >= 4 is 40.2 Å². The topological polar surface area (TPSA) is 128 Å². The molecule has 2 amide bonds. The Morgan fingerprint density at radius 3 is 2.03 bits per heavy atom. The second-order valence-electron chi connectivity index (χ2n) is 9.97. The van der Waals surface area contributed by atoms with Crippen molar-refractivity contribution in [2.75, 3.05) is 16.4 Å². The molecule has 2 heterocycles. The minimum Gasteiger partial charge on any atom is -0.444 e. The number of carbonyl (C=O) groups excluding carboxylic acids is 2. The number of nitrogen functional groups attached to an aromatic ring is 1. The lowest BCUT2D eigenvalue weighted by Crippen LogP contribution is -2.27. The first-order valence-electron chi connectivity index (χ1n) is 10.9. The van der Waals surface area contributed by atoms with Crippen molar-refractivity contribution in [3.8, 4) is 11.1 Å². The van der Waals surface area contributed by atoms with Crippen LogP contribution in [0.4, 0.5) is 26.8 Å². The minimum atomic E-state index is -0.650. The number of carbonyl (C=O) groups is 2. The summed E-state index contributed by atoms with van der Waals surface area (Å²) in [5.74, 6) is 0.350. The van der Waals surface area contributed by atoms with Gasteiger partial charge in [-0.15, -0.1) is 0 Å². The van der Waals surface area contributed by atoms with Crippen LogP contribution in [0, 0.1) is 6.92 Å². The van der Waals surface area contributed by atoms with Gasteiger partial charge in [-0.05, 0) is 83.2 Å². The molecule has 0 aliphatic heterocycles. The van der Waals surface area contributed by atoms with E-state index in [0.29, 0.717) is 22.6 Å². The maximum Gasteiger partial charge on any atom is 0.412 e. The molecule has 0 aliphatic rings. The van der Waals surface area contributed by atoms with Crippen LogP contribution in [0.25, 0.3) is 21.9 Å². The van der Waals surface area contributed by atoms with Crippen LogP contribution in [0.5, 0.6) is 0 Å². The molecule has 3 rings (SSSR count). The minimum absolute atomic E-state index is 0.350. The van der Waals surface area contributed by atoms with Gasteiger partial charge < -0.3 is 15.2 Å². The maximum absolute atomic E-state index is 12.5. The fraction of sp³-hybridized carbons (Fsp3) is 0.360. The van der Waals surface area contributed by atoms with Crippen LogP contribution < -0.4 is 16.4 Å². The third-order valence-corrected chi connectivity index (χ3v) is 4.66. The fourth-order valence-electron chi connectivity index (χ4n) is 3.30. The molecular formula is C25H31N5O4. The Kier molecular flexibility index (Phi) is 6.67. The lowest BCUT2D eigenvalue weighted by Gasteiger charge is -2.21. The predicted octanol–water partition coefficient (Wildman–Crippen LogP) is 5.88. The molecule has 34 heavy (non-hydrogen) atoms. The summed E-state index contributed by atoms with van der Waals surface area (Å²) in [7, 11) is 0. The summed E-state index contributed by atoms with van der Waals surface area (Å²) in [5.41, 5.74) is 7.97. The van der Waals surface area contributed by atoms with Gasteiger partial charge in [0.25, 0.3) is 0 Å². The summed E-state index contributed by atoms with van der Waals surface area (Å²) < 4.78 is 10.8. The molecule has 0 bridgehead atoms. The standard InChI is InChI=1S/C25H31N5O4/c1-14-17(11-27-13-20(14)30-23(32)34-25(5,6)7)15-8-16-10-21(26)28-12-18(16)19(9-15)29-22(31)33-24(2,3)4/h8-13H,1-7H3,(H2,26,28)(H,29,31)(H,30,32). The third-order valence-electron chi connectivity index (χ3n) is 4.66. The highest BCUT2D eigenvalue weighted by molar-refractivity contribution is 6.03. The lowest BCUT2D eigenvalue weighted by atomic mass is 9.98. The molecule has 0 saturated heterocycles. The zero-order chi connectivity index (χ0) is 25.3. The van der Waals surface area contributed by atoms with Crippen molar-refractivity contribution in [3.05, 3.63) is 42.4 Å². The molecule has 0 spiro atoms. The summed E-state index contributed by atoms with van der Waals surface area (Å²) >= 11 is 0. The smallest absolute Gasteiger partial charge is 0.412 e. The van der Waals surface area contributed by atoms with Crippen molar-refractivity contribution in [3.63, 3.8) is 0 Å². The summed E-state index contributed by atoms with van der Waals surface area (Å²) in [6.45, 7) is 12.6. The molecular weight excluding hydrogens is 434 g/mol. The van der Waals surface area contributed by atoms with Gasteiger partial charge in [0.05, 0.1) is 17.6 Å². The van der Waals surface area contributed by atoms with Crippen LogP contribution in [-0.4, -0.2) is 33.4 Å². The zero-order valence-electron chi connectivity index (χ0n) is 20.6. The van der Waals surface area contributed by atoms with E-state index in [1.54, 1.807) is 66.2 Å². The van der Waals surface area contributed by atoms with Crippen molar-refractivity contribution in [2.24, 2.45) is 0 Å². The first kappa shape index (κ1) is 24.8. The van der Waals surface area contributed by atoms with Crippen molar-refractivity contribution < 1.29 is 19.1 Å². The summed E-state index contributed by atoms with van der Waals surface area (Å²) in [6, 6.07) is 5.46. The zero-order valence-corrected chi connectivity index (χ0v) is 20.6. The van der Waals surface area contributed by atoms with Crippen LogP contribution in [0.3, 0.4) is 0 Å². The Labute approximate surface area is 199 Å². The van der Waals surface area contributed by atoms with Crippen LogP contribution in [-0.2, 0) is 9.47 Å². The number of pyridine rings is 2. The Morgan fingerprint density at radius 2 is 1.44 bits per heavy atom. The second-order valence-corrected chi connectivity index (χ2v) is 9.97. The number of amides is 2. The number of rotatable bonds is 3. The molecule has 0 fully saturated rings. The number of hydrogen-bond donors (Lipinski definition) is 3. The fourth-order valence-corrected chi connectivity index (χ4v) is 3.30. The molecule has 0 saturated carbocycles. The number of hydrogen-bond acceptors (Lipinski definition) is 7. The van der Waals surface area contributed by atoms with E-state index in [2.05, 4.69) is 20.6 Å². The molecule has 0 unspecified atom stereocenters. The van der Waals surface area contributed by atoms with Gasteiger partial charge >= 0.3 is 12.2 Å². The monoisotopic (exact) mass is 465 g/mol. The van der Waals surface area contributed by atoms with Crippen LogP contribution in [0.1, 0.15) is 47.1 Å². The molecule has 0 radical (unpaired) electrons. The van der Waals surface area contributed by atoms with Gasteiger partial charge in [0.15, 0.2) is 0 Å². The molecule has 180 valence electrons. The quantitative estimate of drug-likeness (QED) is 0.440. The lowest BCUT2D eigenvalue weighted by molar-refractivity contribution is 0.0624. The predicted molar refractivity (Wildman–Crippen MR) is 134 cm³/mol. The van der Waals surface area contributed by atoms with Gasteiger partial charge in [-0.25, -0.2) is 14.6 Å². The number of ether oxygens (including phenoxy) is 2. The van der Waals surface area contributed by atoms with E-state index in [9.17, 15) is 9.59 Å². The third kappa shape index (κ3) is 6.34. The van der Waals surface area contributed by atoms with Gasteiger partial charge in [-0.2, -0.15) is 0 Å². The van der Waals surface area contributed by atoms with E-state index in [1.165, 1.54) is 0 Å². The van der Waals surface area contributed by atoms with E-state index >= 15 is 0 Å². The Morgan fingerprint density at radius 1 is 0.853 bits per heavy atom. The van der Waals surface area contributed by atoms with Crippen molar-refractivity contribution in [1.82, 2.24) is 9.97 Å². The normalized spacial score (nSPS) is 11.7. The molecule has 9 nitrogen and oxygen atoms in total. The highest BCUT2D eigenvalue weighted by Crippen LogP contribution is 2.35. The number of nitrogens with one attached hydrogen (secondary N) is 2. The average molecular weight is 466 g/mol. The van der Waals surface area contributed by atoms with Crippen molar-refractivity contribution in [1.29, 1.82) is 0 Å². The Hall–Kier alpha value is -3.88. The molecule has 0 atom stereocenters. The van der Waals surface area contributed by atoms with Gasteiger partial charge in [-0.3, -0.25) is 15.6 Å². The largest absolute Gasteiger partial charge is 0.444 e. The van der Waals surface area contributed by atoms with E-state index in [4.69, 9.17) is 15.2 Å². The summed E-state index contributed by atoms with van der Waals surface area (Å²) in [5, 5.41) is 7.05. The number of benzene rings is 1. The number of fused-ring (bicyclic) bond motifs is 1. The molecule has 0 aliphatic carbocycles. The number of anilines is 3. The Bertz CT molecular complexity index is 1240. The highest BCUT2D eigenvalue weighted by Gasteiger charge is 2.20. The van der Waals surface area contributed by atoms with Gasteiger partial charge in [0.1, 0.15) is 17.0 Å². The second kappa shape index (κ2) is 9.17. The number of nitrogens with zero attached hydrogens (tertiary/aromatic N) is 2. The molecule has 3 aromatic rings. The van der Waals surface area contributed by atoms with Gasteiger partial charge in [-0.1, -0.05) is 0 Å². The van der Waals surface area contributed by atoms with E-state index in [1.807, 2.05) is 19.1 Å². The van der Waals surface area contributed by atoms with Gasteiger partial charge in [0, 0.05) is 23.3 Å². The Balaban J connectivity index is 2.04. The van der Waals surface area contributed by atoms with Crippen LogP contribution in [0.15, 0.2) is 36.8 Å². The van der Waals surface area contributed by atoms with Crippen LogP contribution in [0.2, 0.25) is 0 Å². The SMILES string of the molecule is Cc1c(NC(=O)OC(C)(C)C)cncc1-c1cc(NC(=O)OC(C)(C)C)c2cnc(N)cc2c1. The summed E-state index contributed by atoms with van der Waals surface area (Å²) in [4.78, 5) is 33.2. The van der Waals surface area contributed by atoms with Crippen LogP contribution >= 0.6 is 0 Å². The van der Waals surface area contributed by atoms with Crippen molar-refractivity contribution in [2.45, 2.75) is 59.7 Å². The number of aromatic nitrogens is 2. The highest BCUT2D eigenvalue weighted by atomic mass is 16.6. The van der Waals surface area contributed by atoms with Gasteiger partial charge in [0.2, 0.25) is 0 Å². The van der Waals surface area contributed by atoms with E-state index < -0.39 is 23.4 Å². The van der Waals surface area contributed by atoms with E-state index in [0.717, 1.165) is 22.1 Å². The maximum atomic E-state index is 12.5.